The number of nitrogens with one attached hydrogen (secondary N) is 3. The molecule has 8 heteroatoms. The summed E-state index contributed by atoms with van der Waals surface area (Å²) < 4.78 is 6.45. The molecular formula is C28H30BrN3O3S. The van der Waals surface area contributed by atoms with Gasteiger partial charge in [0.2, 0.25) is 0 Å². The SMILES string of the molecule is CCCOc1ccc(Br)cc1C(=O)NC(=S)Nc1cccc(NC(=O)c2ccc(C(C)(C)C)cc2)c1. The summed E-state index contributed by atoms with van der Waals surface area (Å²) >= 11 is 8.73. The van der Waals surface area contributed by atoms with Crippen LogP contribution in [0.25, 0.3) is 0 Å². The van der Waals surface area contributed by atoms with E-state index in [1.54, 1.807) is 36.4 Å². The first kappa shape index (κ1) is 27.4. The number of carbonyl (C=O) groups is 2. The van der Waals surface area contributed by atoms with Crippen LogP contribution in [0.1, 0.15) is 60.4 Å². The van der Waals surface area contributed by atoms with Gasteiger partial charge in [-0.1, -0.05) is 61.8 Å². The fraction of sp³-hybridized carbons (Fsp3) is 0.250. The number of carbonyl (C=O) groups excluding carboxylic acids is 2. The second-order valence-electron chi connectivity index (χ2n) is 9.26. The number of thiocarbonyl (C=S) groups is 1. The zero-order valence-electron chi connectivity index (χ0n) is 20.8. The Morgan fingerprint density at radius 3 is 2.22 bits per heavy atom. The van der Waals surface area contributed by atoms with Crippen LogP contribution in [-0.4, -0.2) is 23.5 Å². The lowest BCUT2D eigenvalue weighted by Crippen LogP contribution is -2.34. The first-order chi connectivity index (χ1) is 17.1. The van der Waals surface area contributed by atoms with Gasteiger partial charge in [0.25, 0.3) is 11.8 Å². The normalized spacial score (nSPS) is 10.9. The van der Waals surface area contributed by atoms with Crippen molar-refractivity contribution in [2.75, 3.05) is 17.2 Å². The van der Waals surface area contributed by atoms with E-state index >= 15 is 0 Å². The highest BCUT2D eigenvalue weighted by molar-refractivity contribution is 9.10. The maximum atomic E-state index is 12.8. The van der Waals surface area contributed by atoms with E-state index in [4.69, 9.17) is 17.0 Å². The number of halogens is 1. The van der Waals surface area contributed by atoms with Gasteiger partial charge in [-0.15, -0.1) is 0 Å². The van der Waals surface area contributed by atoms with Crippen molar-refractivity contribution in [1.82, 2.24) is 5.32 Å². The number of hydrogen-bond acceptors (Lipinski definition) is 4. The van der Waals surface area contributed by atoms with E-state index in [0.29, 0.717) is 34.9 Å². The molecule has 3 rings (SSSR count). The van der Waals surface area contributed by atoms with Crippen LogP contribution in [0.3, 0.4) is 0 Å². The summed E-state index contributed by atoms with van der Waals surface area (Å²) in [4.78, 5) is 25.6. The van der Waals surface area contributed by atoms with Gasteiger partial charge in [0.05, 0.1) is 12.2 Å². The van der Waals surface area contributed by atoms with Crippen molar-refractivity contribution in [3.8, 4) is 5.75 Å². The minimum Gasteiger partial charge on any atom is -0.493 e. The molecule has 0 heterocycles. The fourth-order valence-electron chi connectivity index (χ4n) is 3.35. The monoisotopic (exact) mass is 567 g/mol. The highest BCUT2D eigenvalue weighted by atomic mass is 79.9. The first-order valence-electron chi connectivity index (χ1n) is 11.6. The van der Waals surface area contributed by atoms with E-state index in [1.165, 1.54) is 0 Å². The van der Waals surface area contributed by atoms with Gasteiger partial charge in [-0.3, -0.25) is 14.9 Å². The Bertz CT molecular complexity index is 1250. The Morgan fingerprint density at radius 2 is 1.58 bits per heavy atom. The van der Waals surface area contributed by atoms with Gasteiger partial charge in [-0.2, -0.15) is 0 Å². The largest absolute Gasteiger partial charge is 0.493 e. The lowest BCUT2D eigenvalue weighted by molar-refractivity contribution is 0.0972. The lowest BCUT2D eigenvalue weighted by atomic mass is 9.87. The second-order valence-corrected chi connectivity index (χ2v) is 10.6. The van der Waals surface area contributed by atoms with E-state index in [0.717, 1.165) is 16.5 Å². The predicted molar refractivity (Wildman–Crippen MR) is 153 cm³/mol. The van der Waals surface area contributed by atoms with Crippen LogP contribution in [0.15, 0.2) is 71.2 Å². The van der Waals surface area contributed by atoms with Gasteiger partial charge in [0.1, 0.15) is 5.75 Å². The van der Waals surface area contributed by atoms with Crippen molar-refractivity contribution >= 4 is 56.4 Å². The molecule has 0 spiro atoms. The smallest absolute Gasteiger partial charge is 0.261 e. The third-order valence-corrected chi connectivity index (χ3v) is 5.96. The molecular weight excluding hydrogens is 538 g/mol. The molecule has 0 aromatic heterocycles. The van der Waals surface area contributed by atoms with Crippen molar-refractivity contribution in [1.29, 1.82) is 0 Å². The van der Waals surface area contributed by atoms with Crippen LogP contribution in [0.2, 0.25) is 0 Å². The molecule has 36 heavy (non-hydrogen) atoms. The van der Waals surface area contributed by atoms with Gasteiger partial charge in [-0.25, -0.2) is 0 Å². The molecule has 0 aliphatic heterocycles. The van der Waals surface area contributed by atoms with E-state index in [-0.39, 0.29) is 22.3 Å². The van der Waals surface area contributed by atoms with Crippen molar-refractivity contribution in [3.63, 3.8) is 0 Å². The van der Waals surface area contributed by atoms with Crippen LogP contribution in [0.4, 0.5) is 11.4 Å². The minimum atomic E-state index is -0.386. The molecule has 0 saturated heterocycles. The number of amides is 2. The fourth-order valence-corrected chi connectivity index (χ4v) is 3.92. The van der Waals surface area contributed by atoms with Crippen molar-refractivity contribution in [2.45, 2.75) is 39.5 Å². The Labute approximate surface area is 226 Å². The summed E-state index contributed by atoms with van der Waals surface area (Å²) in [6, 6.07) is 19.9. The summed E-state index contributed by atoms with van der Waals surface area (Å²) in [7, 11) is 0. The molecule has 3 N–H and O–H groups in total. The number of ether oxygens (including phenoxy) is 1. The summed E-state index contributed by atoms with van der Waals surface area (Å²) in [6.07, 6.45) is 0.826. The average molecular weight is 569 g/mol. The van der Waals surface area contributed by atoms with Crippen LogP contribution in [-0.2, 0) is 5.41 Å². The Balaban J connectivity index is 1.64. The standard InChI is InChI=1S/C28H30BrN3O3S/c1-5-15-35-24-14-13-20(29)16-23(24)26(34)32-27(36)31-22-8-6-7-21(17-22)30-25(33)18-9-11-19(12-10-18)28(2,3)4/h6-14,16-17H,5,15H2,1-4H3,(H,30,33)(H2,31,32,34,36). The summed E-state index contributed by atoms with van der Waals surface area (Å²) in [5.74, 6) is -0.110. The second kappa shape index (κ2) is 12.1. The molecule has 0 aliphatic rings. The molecule has 6 nitrogen and oxygen atoms in total. The van der Waals surface area contributed by atoms with Crippen LogP contribution >= 0.6 is 28.1 Å². The number of rotatable bonds is 7. The van der Waals surface area contributed by atoms with Gasteiger partial charge in [0, 0.05) is 21.4 Å². The molecule has 2 amide bonds. The van der Waals surface area contributed by atoms with Gasteiger partial charge < -0.3 is 15.4 Å². The van der Waals surface area contributed by atoms with Gasteiger partial charge >= 0.3 is 0 Å². The molecule has 0 bridgehead atoms. The molecule has 0 aliphatic carbocycles. The van der Waals surface area contributed by atoms with E-state index in [1.807, 2.05) is 37.3 Å². The molecule has 0 radical (unpaired) electrons. The maximum Gasteiger partial charge on any atom is 0.261 e. The van der Waals surface area contributed by atoms with Crippen molar-refractivity contribution in [2.24, 2.45) is 0 Å². The quantitative estimate of drug-likeness (QED) is 0.270. The van der Waals surface area contributed by atoms with E-state index < -0.39 is 0 Å². The summed E-state index contributed by atoms with van der Waals surface area (Å²) in [5, 5.41) is 8.70. The Kier molecular flexibility index (Phi) is 9.23. The average Bonchev–Trinajstić information content (AvgIpc) is 2.83. The molecule has 0 atom stereocenters. The van der Waals surface area contributed by atoms with Crippen LogP contribution < -0.4 is 20.7 Å². The number of benzene rings is 3. The summed E-state index contributed by atoms with van der Waals surface area (Å²) in [6.45, 7) is 8.89. The third kappa shape index (κ3) is 7.63. The third-order valence-electron chi connectivity index (χ3n) is 5.27. The minimum absolute atomic E-state index is 0.0178. The van der Waals surface area contributed by atoms with E-state index in [2.05, 4.69) is 52.7 Å². The van der Waals surface area contributed by atoms with E-state index in [9.17, 15) is 9.59 Å². The van der Waals surface area contributed by atoms with Crippen LogP contribution in [0, 0.1) is 0 Å². The highest BCUT2D eigenvalue weighted by Gasteiger charge is 2.16. The molecule has 3 aromatic rings. The first-order valence-corrected chi connectivity index (χ1v) is 12.8. The van der Waals surface area contributed by atoms with Crippen molar-refractivity contribution in [3.05, 3.63) is 87.9 Å². The lowest BCUT2D eigenvalue weighted by Gasteiger charge is -2.19. The summed E-state index contributed by atoms with van der Waals surface area (Å²) in [5.41, 5.74) is 3.34. The zero-order valence-corrected chi connectivity index (χ0v) is 23.2. The van der Waals surface area contributed by atoms with Crippen molar-refractivity contribution < 1.29 is 14.3 Å². The molecule has 3 aromatic carbocycles. The number of hydrogen-bond donors (Lipinski definition) is 3. The molecule has 0 unspecified atom stereocenters. The van der Waals surface area contributed by atoms with Gasteiger partial charge in [0.15, 0.2) is 5.11 Å². The highest BCUT2D eigenvalue weighted by Crippen LogP contribution is 2.24. The maximum absolute atomic E-state index is 12.8. The topological polar surface area (TPSA) is 79.5 Å². The number of anilines is 2. The predicted octanol–water partition coefficient (Wildman–Crippen LogP) is 6.91. The Morgan fingerprint density at radius 1 is 0.917 bits per heavy atom. The molecule has 188 valence electrons. The zero-order chi connectivity index (χ0) is 26.3. The Hall–Kier alpha value is -3.23. The molecule has 0 fully saturated rings. The molecule has 0 saturated carbocycles. The van der Waals surface area contributed by atoms with Crippen LogP contribution in [0.5, 0.6) is 5.75 Å². The van der Waals surface area contributed by atoms with Gasteiger partial charge in [-0.05, 0) is 78.1 Å².